The Bertz CT molecular complexity index is 446. The molecule has 0 spiro atoms. The van der Waals surface area contributed by atoms with Crippen molar-refractivity contribution < 1.29 is 14.7 Å². The quantitative estimate of drug-likeness (QED) is 0.652. The number of aliphatic carboxylic acids is 1. The second-order valence-electron chi connectivity index (χ2n) is 4.60. The van der Waals surface area contributed by atoms with Gasteiger partial charge in [0.1, 0.15) is 0 Å². The molecular formula is C14H20N2O3. The van der Waals surface area contributed by atoms with Crippen molar-refractivity contribution in [1.29, 1.82) is 0 Å². The molecule has 1 rings (SSSR count). The minimum absolute atomic E-state index is 0.0626. The maximum Gasteiger partial charge on any atom is 0.303 e. The molecule has 1 unspecified atom stereocenters. The van der Waals surface area contributed by atoms with Gasteiger partial charge in [-0.25, -0.2) is 0 Å². The monoisotopic (exact) mass is 264 g/mol. The van der Waals surface area contributed by atoms with Crippen molar-refractivity contribution in [2.24, 2.45) is 0 Å². The fraction of sp³-hybridized carbons (Fsp3) is 0.429. The van der Waals surface area contributed by atoms with E-state index in [-0.39, 0.29) is 18.4 Å². The van der Waals surface area contributed by atoms with E-state index in [9.17, 15) is 9.59 Å². The van der Waals surface area contributed by atoms with Gasteiger partial charge in [0.25, 0.3) is 0 Å². The highest BCUT2D eigenvalue weighted by Gasteiger charge is 2.09. The summed E-state index contributed by atoms with van der Waals surface area (Å²) in [5.74, 6) is -0.931. The van der Waals surface area contributed by atoms with Crippen LogP contribution >= 0.6 is 0 Å². The molecule has 1 amide bonds. The van der Waals surface area contributed by atoms with E-state index in [0.29, 0.717) is 24.9 Å². The SMILES string of the molecule is CC(CCC(=O)O)NC(=O)CCc1ccccc1N. The van der Waals surface area contributed by atoms with Gasteiger partial charge in [0.15, 0.2) is 0 Å². The van der Waals surface area contributed by atoms with Gasteiger partial charge in [-0.1, -0.05) is 18.2 Å². The van der Waals surface area contributed by atoms with Gasteiger partial charge in [0, 0.05) is 24.6 Å². The molecule has 0 fully saturated rings. The van der Waals surface area contributed by atoms with Crippen molar-refractivity contribution in [3.63, 3.8) is 0 Å². The van der Waals surface area contributed by atoms with E-state index < -0.39 is 5.97 Å². The van der Waals surface area contributed by atoms with Crippen LogP contribution in [-0.2, 0) is 16.0 Å². The zero-order valence-electron chi connectivity index (χ0n) is 11.1. The van der Waals surface area contributed by atoms with E-state index in [4.69, 9.17) is 10.8 Å². The van der Waals surface area contributed by atoms with Crippen LogP contribution in [0.1, 0.15) is 31.7 Å². The Morgan fingerprint density at radius 3 is 2.63 bits per heavy atom. The van der Waals surface area contributed by atoms with Gasteiger partial charge in [0.05, 0.1) is 0 Å². The summed E-state index contributed by atoms with van der Waals surface area (Å²) in [6.07, 6.45) is 1.44. The Morgan fingerprint density at radius 2 is 2.00 bits per heavy atom. The Balaban J connectivity index is 2.32. The highest BCUT2D eigenvalue weighted by Crippen LogP contribution is 2.12. The number of carboxylic acid groups (broad SMARTS) is 1. The van der Waals surface area contributed by atoms with Crippen molar-refractivity contribution in [3.05, 3.63) is 29.8 Å². The number of carbonyl (C=O) groups is 2. The van der Waals surface area contributed by atoms with Crippen molar-refractivity contribution >= 4 is 17.6 Å². The molecule has 1 atom stereocenters. The summed E-state index contributed by atoms with van der Waals surface area (Å²) in [6.45, 7) is 1.80. The number of hydrogen-bond acceptors (Lipinski definition) is 3. The number of nitrogen functional groups attached to an aromatic ring is 1. The van der Waals surface area contributed by atoms with E-state index in [1.165, 1.54) is 0 Å². The molecular weight excluding hydrogens is 244 g/mol. The summed E-state index contributed by atoms with van der Waals surface area (Å²) in [7, 11) is 0. The molecule has 0 aliphatic carbocycles. The van der Waals surface area contributed by atoms with Crippen LogP contribution in [0.3, 0.4) is 0 Å². The number of benzene rings is 1. The maximum absolute atomic E-state index is 11.7. The lowest BCUT2D eigenvalue weighted by molar-refractivity contribution is -0.137. The van der Waals surface area contributed by atoms with Gasteiger partial charge in [-0.15, -0.1) is 0 Å². The molecule has 0 aromatic heterocycles. The number of anilines is 1. The molecule has 0 saturated carbocycles. The highest BCUT2D eigenvalue weighted by molar-refractivity contribution is 5.76. The van der Waals surface area contributed by atoms with Crippen LogP contribution in [0.4, 0.5) is 5.69 Å². The summed E-state index contributed by atoms with van der Waals surface area (Å²) < 4.78 is 0. The van der Waals surface area contributed by atoms with Crippen molar-refractivity contribution in [2.75, 3.05) is 5.73 Å². The van der Waals surface area contributed by atoms with Crippen molar-refractivity contribution in [2.45, 2.75) is 38.6 Å². The molecule has 0 bridgehead atoms. The number of nitrogens with two attached hydrogens (primary N) is 1. The average molecular weight is 264 g/mol. The molecule has 104 valence electrons. The Hall–Kier alpha value is -2.04. The maximum atomic E-state index is 11.7. The molecule has 0 radical (unpaired) electrons. The second kappa shape index (κ2) is 7.41. The van der Waals surface area contributed by atoms with E-state index in [1.54, 1.807) is 6.92 Å². The molecule has 0 aliphatic heterocycles. The topological polar surface area (TPSA) is 92.4 Å². The largest absolute Gasteiger partial charge is 0.481 e. The fourth-order valence-electron chi connectivity index (χ4n) is 1.77. The molecule has 5 heteroatoms. The minimum atomic E-state index is -0.849. The predicted octanol–water partition coefficient (Wildman–Crippen LogP) is 1.57. The van der Waals surface area contributed by atoms with Gasteiger partial charge in [-0.05, 0) is 31.4 Å². The summed E-state index contributed by atoms with van der Waals surface area (Å²) >= 11 is 0. The Labute approximate surface area is 112 Å². The zero-order valence-corrected chi connectivity index (χ0v) is 11.1. The molecule has 0 saturated heterocycles. The lowest BCUT2D eigenvalue weighted by Gasteiger charge is -2.13. The molecule has 19 heavy (non-hydrogen) atoms. The normalized spacial score (nSPS) is 11.8. The summed E-state index contributed by atoms with van der Waals surface area (Å²) in [5.41, 5.74) is 7.44. The third kappa shape index (κ3) is 5.90. The molecule has 1 aromatic rings. The summed E-state index contributed by atoms with van der Waals surface area (Å²) in [5, 5.41) is 11.3. The number of rotatable bonds is 7. The summed E-state index contributed by atoms with van der Waals surface area (Å²) in [4.78, 5) is 22.1. The molecule has 0 heterocycles. The first-order valence-electron chi connectivity index (χ1n) is 6.33. The molecule has 0 aliphatic rings. The highest BCUT2D eigenvalue weighted by atomic mass is 16.4. The lowest BCUT2D eigenvalue weighted by atomic mass is 10.1. The van der Waals surface area contributed by atoms with Crippen molar-refractivity contribution in [3.8, 4) is 0 Å². The average Bonchev–Trinajstić information content (AvgIpc) is 2.35. The number of hydrogen-bond donors (Lipinski definition) is 3. The lowest BCUT2D eigenvalue weighted by Crippen LogP contribution is -2.33. The van der Waals surface area contributed by atoms with Crippen LogP contribution in [0.5, 0.6) is 0 Å². The first-order valence-corrected chi connectivity index (χ1v) is 6.33. The molecule has 5 nitrogen and oxygen atoms in total. The smallest absolute Gasteiger partial charge is 0.303 e. The van der Waals surface area contributed by atoms with Crippen LogP contribution in [0.2, 0.25) is 0 Å². The number of nitrogens with one attached hydrogen (secondary N) is 1. The number of carboxylic acids is 1. The predicted molar refractivity (Wildman–Crippen MR) is 73.6 cm³/mol. The molecule has 1 aromatic carbocycles. The van der Waals surface area contributed by atoms with E-state index >= 15 is 0 Å². The van der Waals surface area contributed by atoms with Gasteiger partial charge >= 0.3 is 5.97 Å². The third-order valence-electron chi connectivity index (χ3n) is 2.88. The molecule has 4 N–H and O–H groups in total. The van der Waals surface area contributed by atoms with Crippen LogP contribution in [0, 0.1) is 0 Å². The number of carbonyl (C=O) groups excluding carboxylic acids is 1. The number of aryl methyl sites for hydroxylation is 1. The third-order valence-corrected chi connectivity index (χ3v) is 2.88. The fourth-order valence-corrected chi connectivity index (χ4v) is 1.77. The zero-order chi connectivity index (χ0) is 14.3. The first-order chi connectivity index (χ1) is 8.99. The number of para-hydroxylation sites is 1. The van der Waals surface area contributed by atoms with Gasteiger partial charge in [-0.2, -0.15) is 0 Å². The van der Waals surface area contributed by atoms with Gasteiger partial charge < -0.3 is 16.2 Å². The minimum Gasteiger partial charge on any atom is -0.481 e. The summed E-state index contributed by atoms with van der Waals surface area (Å²) in [6, 6.07) is 7.32. The van der Waals surface area contributed by atoms with E-state index in [2.05, 4.69) is 5.32 Å². The van der Waals surface area contributed by atoms with Crippen LogP contribution in [-0.4, -0.2) is 23.0 Å². The van der Waals surface area contributed by atoms with E-state index in [1.807, 2.05) is 24.3 Å². The van der Waals surface area contributed by atoms with Crippen LogP contribution < -0.4 is 11.1 Å². The number of amides is 1. The standard InChI is InChI=1S/C14H20N2O3/c1-10(6-9-14(18)19)16-13(17)8-7-11-4-2-3-5-12(11)15/h2-5,10H,6-9,15H2,1H3,(H,16,17)(H,18,19). The van der Waals surface area contributed by atoms with Crippen LogP contribution in [0.15, 0.2) is 24.3 Å². The Kier molecular flexibility index (Phi) is 5.85. The van der Waals surface area contributed by atoms with Gasteiger partial charge in [-0.3, -0.25) is 9.59 Å². The van der Waals surface area contributed by atoms with Crippen LogP contribution in [0.25, 0.3) is 0 Å². The Morgan fingerprint density at radius 1 is 1.32 bits per heavy atom. The van der Waals surface area contributed by atoms with Gasteiger partial charge in [0.2, 0.25) is 5.91 Å². The van der Waals surface area contributed by atoms with E-state index in [0.717, 1.165) is 5.56 Å². The second-order valence-corrected chi connectivity index (χ2v) is 4.60. The van der Waals surface area contributed by atoms with Crippen molar-refractivity contribution in [1.82, 2.24) is 5.32 Å². The first kappa shape index (κ1) is 15.0.